The van der Waals surface area contributed by atoms with E-state index in [9.17, 15) is 4.39 Å². The minimum Gasteiger partial charge on any atom is -0.392 e. The number of aliphatic hydroxyl groups excluding tert-OH is 1. The zero-order valence-electron chi connectivity index (χ0n) is 7.18. The van der Waals surface area contributed by atoms with Crippen LogP contribution in [0.25, 0.3) is 0 Å². The van der Waals surface area contributed by atoms with Crippen LogP contribution in [0, 0.1) is 5.82 Å². The van der Waals surface area contributed by atoms with Gasteiger partial charge in [0.2, 0.25) is 0 Å². The third-order valence-corrected chi connectivity index (χ3v) is 1.74. The zero-order valence-corrected chi connectivity index (χ0v) is 7.18. The highest BCUT2D eigenvalue weighted by molar-refractivity contribution is 5.24. The molecule has 0 heterocycles. The Morgan fingerprint density at radius 3 is 2.50 bits per heavy atom. The van der Waals surface area contributed by atoms with E-state index in [0.29, 0.717) is 5.56 Å². The lowest BCUT2D eigenvalue weighted by molar-refractivity contribution is 0.281. The van der Waals surface area contributed by atoms with E-state index in [0.717, 1.165) is 18.4 Å². The molecule has 0 atom stereocenters. The quantitative estimate of drug-likeness (QED) is 0.734. The first-order valence-corrected chi connectivity index (χ1v) is 4.15. The van der Waals surface area contributed by atoms with Gasteiger partial charge in [-0.3, -0.25) is 0 Å². The van der Waals surface area contributed by atoms with Crippen LogP contribution in [0.3, 0.4) is 0 Å². The van der Waals surface area contributed by atoms with Crippen molar-refractivity contribution in [3.05, 3.63) is 35.1 Å². The molecule has 0 aromatic heterocycles. The molecule has 0 amide bonds. The molecule has 0 aliphatic carbocycles. The summed E-state index contributed by atoms with van der Waals surface area (Å²) in [5.74, 6) is -0.259. The summed E-state index contributed by atoms with van der Waals surface area (Å²) in [7, 11) is 0. The first-order chi connectivity index (χ1) is 5.76. The van der Waals surface area contributed by atoms with Crippen molar-refractivity contribution in [2.75, 3.05) is 0 Å². The van der Waals surface area contributed by atoms with E-state index < -0.39 is 0 Å². The topological polar surface area (TPSA) is 20.2 Å². The third-order valence-electron chi connectivity index (χ3n) is 1.74. The molecule has 1 aromatic rings. The van der Waals surface area contributed by atoms with Gasteiger partial charge in [0.15, 0.2) is 0 Å². The fraction of sp³-hybridized carbons (Fsp3) is 0.400. The molecular weight excluding hydrogens is 155 g/mol. The Bertz CT molecular complexity index is 258. The SMILES string of the molecule is CCCc1cc(F)cc(CO)c1. The largest absolute Gasteiger partial charge is 0.392 e. The molecule has 2 heteroatoms. The lowest BCUT2D eigenvalue weighted by Gasteiger charge is -2.02. The summed E-state index contributed by atoms with van der Waals surface area (Å²) in [6.45, 7) is 1.96. The van der Waals surface area contributed by atoms with Crippen molar-refractivity contribution in [2.24, 2.45) is 0 Å². The number of benzene rings is 1. The van der Waals surface area contributed by atoms with Gasteiger partial charge in [0.25, 0.3) is 0 Å². The second kappa shape index (κ2) is 4.21. The third kappa shape index (κ3) is 2.31. The van der Waals surface area contributed by atoms with Crippen LogP contribution in [0.15, 0.2) is 18.2 Å². The number of hydrogen-bond acceptors (Lipinski definition) is 1. The van der Waals surface area contributed by atoms with Crippen LogP contribution < -0.4 is 0 Å². The number of halogens is 1. The summed E-state index contributed by atoms with van der Waals surface area (Å²) in [6.07, 6.45) is 1.86. The van der Waals surface area contributed by atoms with Crippen molar-refractivity contribution in [2.45, 2.75) is 26.4 Å². The first kappa shape index (κ1) is 9.20. The average molecular weight is 168 g/mol. The molecule has 1 nitrogen and oxygen atoms in total. The fourth-order valence-electron chi connectivity index (χ4n) is 1.24. The summed E-state index contributed by atoms with van der Waals surface area (Å²) in [6, 6.07) is 4.72. The molecule has 0 bridgehead atoms. The molecule has 66 valence electrons. The number of rotatable bonds is 3. The van der Waals surface area contributed by atoms with E-state index in [1.165, 1.54) is 12.1 Å². The van der Waals surface area contributed by atoms with E-state index in [-0.39, 0.29) is 12.4 Å². The molecule has 0 spiro atoms. The van der Waals surface area contributed by atoms with Gasteiger partial charge in [-0.15, -0.1) is 0 Å². The second-order valence-electron chi connectivity index (χ2n) is 2.88. The summed E-state index contributed by atoms with van der Waals surface area (Å²) < 4.78 is 12.8. The highest BCUT2D eigenvalue weighted by atomic mass is 19.1. The van der Waals surface area contributed by atoms with Crippen LogP contribution in [-0.2, 0) is 13.0 Å². The first-order valence-electron chi connectivity index (χ1n) is 4.15. The molecule has 0 saturated carbocycles. The van der Waals surface area contributed by atoms with Crippen molar-refractivity contribution in [1.82, 2.24) is 0 Å². The van der Waals surface area contributed by atoms with Crippen LogP contribution in [-0.4, -0.2) is 5.11 Å². The Labute approximate surface area is 71.9 Å². The zero-order chi connectivity index (χ0) is 8.97. The van der Waals surface area contributed by atoms with E-state index >= 15 is 0 Å². The second-order valence-corrected chi connectivity index (χ2v) is 2.88. The lowest BCUT2D eigenvalue weighted by atomic mass is 10.1. The Balaban J connectivity index is 2.90. The van der Waals surface area contributed by atoms with Gasteiger partial charge in [0.1, 0.15) is 5.82 Å². The highest BCUT2D eigenvalue weighted by Gasteiger charge is 1.98. The van der Waals surface area contributed by atoms with Crippen molar-refractivity contribution in [3.63, 3.8) is 0 Å². The van der Waals surface area contributed by atoms with Crippen LogP contribution in [0.2, 0.25) is 0 Å². The predicted molar refractivity (Wildman–Crippen MR) is 46.3 cm³/mol. The van der Waals surface area contributed by atoms with Crippen LogP contribution >= 0.6 is 0 Å². The molecule has 0 unspecified atom stereocenters. The monoisotopic (exact) mass is 168 g/mol. The Morgan fingerprint density at radius 2 is 1.92 bits per heavy atom. The van der Waals surface area contributed by atoms with E-state index in [1.807, 2.05) is 13.0 Å². The predicted octanol–water partition coefficient (Wildman–Crippen LogP) is 2.27. The van der Waals surface area contributed by atoms with Gasteiger partial charge < -0.3 is 5.11 Å². The summed E-state index contributed by atoms with van der Waals surface area (Å²) in [5, 5.41) is 8.79. The Kier molecular flexibility index (Phi) is 3.23. The van der Waals surface area contributed by atoms with Gasteiger partial charge in [-0.25, -0.2) is 4.39 Å². The highest BCUT2D eigenvalue weighted by Crippen LogP contribution is 2.10. The van der Waals surface area contributed by atoms with Gasteiger partial charge in [-0.05, 0) is 29.7 Å². The molecule has 0 saturated heterocycles. The molecule has 0 aliphatic heterocycles. The normalized spacial score (nSPS) is 10.2. The van der Waals surface area contributed by atoms with Gasteiger partial charge in [0.05, 0.1) is 6.61 Å². The maximum Gasteiger partial charge on any atom is 0.123 e. The van der Waals surface area contributed by atoms with Gasteiger partial charge in [-0.1, -0.05) is 19.4 Å². The van der Waals surface area contributed by atoms with E-state index in [1.54, 1.807) is 0 Å². The van der Waals surface area contributed by atoms with E-state index in [2.05, 4.69) is 0 Å². The molecule has 1 N–H and O–H groups in total. The van der Waals surface area contributed by atoms with Crippen molar-refractivity contribution >= 4 is 0 Å². The summed E-state index contributed by atoms with van der Waals surface area (Å²) >= 11 is 0. The standard InChI is InChI=1S/C10H13FO/c1-2-3-8-4-9(7-12)6-10(11)5-8/h4-6,12H,2-3,7H2,1H3. The molecule has 1 aromatic carbocycles. The van der Waals surface area contributed by atoms with Gasteiger partial charge >= 0.3 is 0 Å². The average Bonchev–Trinajstić information content (AvgIpc) is 2.04. The van der Waals surface area contributed by atoms with Crippen LogP contribution in [0.1, 0.15) is 24.5 Å². The molecule has 0 fully saturated rings. The Hall–Kier alpha value is -0.890. The van der Waals surface area contributed by atoms with Gasteiger partial charge in [0, 0.05) is 0 Å². The molecule has 1 rings (SSSR count). The number of hydrogen-bond donors (Lipinski definition) is 1. The molecule has 0 radical (unpaired) electrons. The fourth-order valence-corrected chi connectivity index (χ4v) is 1.24. The number of aryl methyl sites for hydroxylation is 1. The maximum absolute atomic E-state index is 12.8. The molecule has 12 heavy (non-hydrogen) atoms. The van der Waals surface area contributed by atoms with Crippen molar-refractivity contribution in [1.29, 1.82) is 0 Å². The molecular formula is C10H13FO. The van der Waals surface area contributed by atoms with Crippen molar-refractivity contribution in [3.8, 4) is 0 Å². The summed E-state index contributed by atoms with van der Waals surface area (Å²) in [5.41, 5.74) is 1.61. The van der Waals surface area contributed by atoms with Crippen LogP contribution in [0.5, 0.6) is 0 Å². The van der Waals surface area contributed by atoms with Crippen molar-refractivity contribution < 1.29 is 9.50 Å². The maximum atomic E-state index is 12.8. The lowest BCUT2D eigenvalue weighted by Crippen LogP contribution is -1.90. The Morgan fingerprint density at radius 1 is 1.25 bits per heavy atom. The summed E-state index contributed by atoms with van der Waals surface area (Å²) in [4.78, 5) is 0. The minimum atomic E-state index is -0.259. The van der Waals surface area contributed by atoms with Gasteiger partial charge in [-0.2, -0.15) is 0 Å². The van der Waals surface area contributed by atoms with E-state index in [4.69, 9.17) is 5.11 Å². The molecule has 0 aliphatic rings. The van der Waals surface area contributed by atoms with Crippen LogP contribution in [0.4, 0.5) is 4.39 Å². The number of aliphatic hydroxyl groups is 1. The minimum absolute atomic E-state index is 0.0888. The smallest absolute Gasteiger partial charge is 0.123 e.